The summed E-state index contributed by atoms with van der Waals surface area (Å²) in [6, 6.07) is 4.67. The van der Waals surface area contributed by atoms with E-state index >= 15 is 0 Å². The second-order valence-corrected chi connectivity index (χ2v) is 5.88. The van der Waals surface area contributed by atoms with Crippen LogP contribution in [0.4, 0.5) is 4.39 Å². The summed E-state index contributed by atoms with van der Waals surface area (Å²) in [6.07, 6.45) is 0.826. The van der Waals surface area contributed by atoms with Crippen molar-refractivity contribution in [1.29, 1.82) is 0 Å². The van der Waals surface area contributed by atoms with Gasteiger partial charge in [-0.15, -0.1) is 0 Å². The molecule has 0 amide bonds. The first kappa shape index (κ1) is 15.2. The molecule has 6 heteroatoms. The lowest BCUT2D eigenvalue weighted by atomic mass is 10.0. The van der Waals surface area contributed by atoms with E-state index < -0.39 is 5.97 Å². The largest absolute Gasteiger partial charge is 0.480 e. The number of halogens is 2. The van der Waals surface area contributed by atoms with Crippen LogP contribution in [-0.4, -0.2) is 41.1 Å². The molecular weight excluding hydrogens is 283 g/mol. The number of nitrogens with zero attached hydrogens (tertiary/aromatic N) is 1. The minimum atomic E-state index is -0.873. The second kappa shape index (κ2) is 6.08. The van der Waals surface area contributed by atoms with Crippen LogP contribution in [0.5, 0.6) is 0 Å². The first-order valence-corrected chi connectivity index (χ1v) is 6.89. The Morgan fingerprint density at radius 1 is 1.60 bits per heavy atom. The average molecular weight is 301 g/mol. The Bertz CT molecular complexity index is 492. The molecule has 20 heavy (non-hydrogen) atoms. The van der Waals surface area contributed by atoms with Gasteiger partial charge in [0.2, 0.25) is 0 Å². The number of carboxylic acids is 1. The van der Waals surface area contributed by atoms with Crippen LogP contribution >= 0.6 is 11.6 Å². The van der Waals surface area contributed by atoms with Crippen LogP contribution in [0, 0.1) is 5.82 Å². The third-order valence-corrected chi connectivity index (χ3v) is 4.02. The summed E-state index contributed by atoms with van der Waals surface area (Å²) in [6.45, 7) is 3.82. The van der Waals surface area contributed by atoms with E-state index in [0.717, 1.165) is 13.0 Å². The molecule has 110 valence electrons. The van der Waals surface area contributed by atoms with Crippen LogP contribution in [0.25, 0.3) is 0 Å². The van der Waals surface area contributed by atoms with Gasteiger partial charge in [0, 0.05) is 35.8 Å². The highest BCUT2D eigenvalue weighted by Crippen LogP contribution is 2.26. The first-order chi connectivity index (χ1) is 9.39. The van der Waals surface area contributed by atoms with E-state index in [1.807, 2.05) is 6.92 Å². The predicted octanol–water partition coefficient (Wildman–Crippen LogP) is 2.12. The van der Waals surface area contributed by atoms with Crippen molar-refractivity contribution in [3.8, 4) is 0 Å². The summed E-state index contributed by atoms with van der Waals surface area (Å²) >= 11 is 6.02. The molecule has 1 aromatic rings. The molecule has 0 aromatic heterocycles. The van der Waals surface area contributed by atoms with Crippen molar-refractivity contribution >= 4 is 17.6 Å². The van der Waals surface area contributed by atoms with Gasteiger partial charge in [-0.3, -0.25) is 9.69 Å². The van der Waals surface area contributed by atoms with Crippen LogP contribution in [-0.2, 0) is 11.3 Å². The van der Waals surface area contributed by atoms with Crippen LogP contribution in [0.3, 0.4) is 0 Å². The third kappa shape index (κ3) is 3.69. The number of aliphatic carboxylic acids is 1. The summed E-state index contributed by atoms with van der Waals surface area (Å²) in [7, 11) is 0. The number of benzene rings is 1. The van der Waals surface area contributed by atoms with Gasteiger partial charge >= 0.3 is 5.97 Å². The van der Waals surface area contributed by atoms with Gasteiger partial charge in [-0.05, 0) is 25.5 Å². The molecule has 1 aromatic carbocycles. The average Bonchev–Trinajstić information content (AvgIpc) is 2.74. The maximum absolute atomic E-state index is 13.7. The minimum Gasteiger partial charge on any atom is -0.480 e. The van der Waals surface area contributed by atoms with Crippen molar-refractivity contribution in [2.75, 3.05) is 19.6 Å². The summed E-state index contributed by atoms with van der Waals surface area (Å²) in [5.74, 6) is -1.17. The molecule has 1 aliphatic heterocycles. The fraction of sp³-hybridized carbons (Fsp3) is 0.500. The molecule has 1 fully saturated rings. The predicted molar refractivity (Wildman–Crippen MR) is 75.3 cm³/mol. The zero-order valence-electron chi connectivity index (χ0n) is 11.3. The lowest BCUT2D eigenvalue weighted by Gasteiger charge is -2.25. The van der Waals surface area contributed by atoms with Gasteiger partial charge in [0.1, 0.15) is 5.82 Å². The minimum absolute atomic E-state index is 0.0647. The van der Waals surface area contributed by atoms with Gasteiger partial charge < -0.3 is 10.4 Å². The van der Waals surface area contributed by atoms with E-state index in [0.29, 0.717) is 23.7 Å². The number of likely N-dealkylation sites (tertiary alicyclic amines) is 1. The molecular formula is C14H18ClFN2O2. The highest BCUT2D eigenvalue weighted by Gasteiger charge is 2.34. The zero-order valence-corrected chi connectivity index (χ0v) is 12.1. The Morgan fingerprint density at radius 2 is 2.35 bits per heavy atom. The van der Waals surface area contributed by atoms with Crippen LogP contribution < -0.4 is 5.32 Å². The number of rotatable bonds is 5. The molecule has 0 bridgehead atoms. The molecule has 1 aliphatic rings. The molecule has 1 heterocycles. The van der Waals surface area contributed by atoms with E-state index in [9.17, 15) is 9.18 Å². The Balaban J connectivity index is 1.98. The summed E-state index contributed by atoms with van der Waals surface area (Å²) in [4.78, 5) is 12.7. The van der Waals surface area contributed by atoms with E-state index in [1.165, 1.54) is 6.07 Å². The van der Waals surface area contributed by atoms with E-state index in [2.05, 4.69) is 10.2 Å². The summed E-state index contributed by atoms with van der Waals surface area (Å²) in [5, 5.41) is 12.2. The van der Waals surface area contributed by atoms with Crippen molar-refractivity contribution in [1.82, 2.24) is 10.2 Å². The molecule has 1 saturated heterocycles. The Hall–Kier alpha value is -1.17. The first-order valence-electron chi connectivity index (χ1n) is 6.52. The second-order valence-electron chi connectivity index (χ2n) is 5.47. The van der Waals surface area contributed by atoms with Crippen molar-refractivity contribution in [3.05, 3.63) is 34.6 Å². The van der Waals surface area contributed by atoms with Gasteiger partial charge in [-0.25, -0.2) is 4.39 Å². The highest BCUT2D eigenvalue weighted by atomic mass is 35.5. The van der Waals surface area contributed by atoms with E-state index in [1.54, 1.807) is 12.1 Å². The fourth-order valence-electron chi connectivity index (χ4n) is 2.53. The normalized spacial score (nSPS) is 23.1. The van der Waals surface area contributed by atoms with Crippen molar-refractivity contribution in [3.63, 3.8) is 0 Å². The van der Waals surface area contributed by atoms with Crippen molar-refractivity contribution < 1.29 is 14.3 Å². The highest BCUT2D eigenvalue weighted by molar-refractivity contribution is 6.31. The van der Waals surface area contributed by atoms with Gasteiger partial charge in [-0.2, -0.15) is 0 Å². The molecule has 0 radical (unpaired) electrons. The van der Waals surface area contributed by atoms with Crippen molar-refractivity contribution in [2.45, 2.75) is 25.4 Å². The molecule has 0 aliphatic carbocycles. The van der Waals surface area contributed by atoms with Gasteiger partial charge in [0.05, 0.1) is 6.54 Å². The maximum Gasteiger partial charge on any atom is 0.317 e. The standard InChI is InChI=1S/C14H18ClFN2O2/c1-14(17-7-13(19)20)5-6-18(9-14)8-10-11(15)3-2-4-12(10)16/h2-4,17H,5-9H2,1H3,(H,19,20)/t14-/m0/s1. The Kier molecular flexibility index (Phi) is 4.62. The van der Waals surface area contributed by atoms with Gasteiger partial charge in [-0.1, -0.05) is 17.7 Å². The third-order valence-electron chi connectivity index (χ3n) is 3.66. The molecule has 1 atom stereocenters. The van der Waals surface area contributed by atoms with Gasteiger partial charge in [0.25, 0.3) is 0 Å². The SMILES string of the molecule is C[C@]1(NCC(=O)O)CCN(Cc2c(F)cccc2Cl)C1. The maximum atomic E-state index is 13.7. The monoisotopic (exact) mass is 300 g/mol. The van der Waals surface area contributed by atoms with Crippen LogP contribution in [0.1, 0.15) is 18.9 Å². The molecule has 0 unspecified atom stereocenters. The summed E-state index contributed by atoms with van der Waals surface area (Å²) in [5.41, 5.74) is 0.243. The molecule has 4 nitrogen and oxygen atoms in total. The molecule has 2 rings (SSSR count). The number of hydrogen-bond acceptors (Lipinski definition) is 3. The smallest absolute Gasteiger partial charge is 0.317 e. The zero-order chi connectivity index (χ0) is 14.8. The topological polar surface area (TPSA) is 52.6 Å². The van der Waals surface area contributed by atoms with E-state index in [-0.39, 0.29) is 17.9 Å². The number of carbonyl (C=O) groups is 1. The lowest BCUT2D eigenvalue weighted by molar-refractivity contribution is -0.136. The fourth-order valence-corrected chi connectivity index (χ4v) is 2.75. The quantitative estimate of drug-likeness (QED) is 0.874. The lowest BCUT2D eigenvalue weighted by Crippen LogP contribution is -2.46. The Labute approximate surface area is 122 Å². The number of nitrogens with one attached hydrogen (secondary N) is 1. The molecule has 0 spiro atoms. The molecule has 2 N–H and O–H groups in total. The summed E-state index contributed by atoms with van der Waals surface area (Å²) < 4.78 is 13.7. The van der Waals surface area contributed by atoms with Crippen LogP contribution in [0.15, 0.2) is 18.2 Å². The Morgan fingerprint density at radius 3 is 3.00 bits per heavy atom. The van der Waals surface area contributed by atoms with Crippen LogP contribution in [0.2, 0.25) is 5.02 Å². The number of carboxylic acid groups (broad SMARTS) is 1. The van der Waals surface area contributed by atoms with E-state index in [4.69, 9.17) is 16.7 Å². The number of hydrogen-bond donors (Lipinski definition) is 2. The molecule has 0 saturated carbocycles. The van der Waals surface area contributed by atoms with Crippen molar-refractivity contribution in [2.24, 2.45) is 0 Å². The van der Waals surface area contributed by atoms with Gasteiger partial charge in [0.15, 0.2) is 0 Å².